The lowest BCUT2D eigenvalue weighted by atomic mass is 9.90. The summed E-state index contributed by atoms with van der Waals surface area (Å²) in [6.45, 7) is 0. The summed E-state index contributed by atoms with van der Waals surface area (Å²) in [7, 11) is 0. The normalized spacial score (nSPS) is 14.6. The molecule has 1 atom stereocenters. The number of rotatable bonds is 2. The lowest BCUT2D eigenvalue weighted by Crippen LogP contribution is -2.33. The van der Waals surface area contributed by atoms with Gasteiger partial charge in [-0.3, -0.25) is 0 Å². The Morgan fingerprint density at radius 2 is 1.34 bits per heavy atom. The van der Waals surface area contributed by atoms with Crippen LogP contribution in [-0.2, 0) is 0 Å². The third kappa shape index (κ3) is 3.82. The minimum absolute atomic E-state index is 0.365. The van der Waals surface area contributed by atoms with E-state index in [0.29, 0.717) is 11.1 Å². The van der Waals surface area contributed by atoms with Crippen LogP contribution in [0.1, 0.15) is 28.3 Å². The van der Waals surface area contributed by atoms with Crippen molar-refractivity contribution in [2.45, 2.75) is 6.04 Å². The van der Waals surface area contributed by atoms with Crippen molar-refractivity contribution < 1.29 is 4.42 Å². The lowest BCUT2D eigenvalue weighted by molar-refractivity contribution is 0.545. The van der Waals surface area contributed by atoms with Gasteiger partial charge in [0, 0.05) is 22.2 Å². The van der Waals surface area contributed by atoms with E-state index in [9.17, 15) is 4.79 Å². The summed E-state index contributed by atoms with van der Waals surface area (Å²) in [4.78, 5) is 15.6. The molecule has 4 aromatic carbocycles. The Balaban J connectivity index is 1.69. The number of anilines is 1. The molecule has 0 spiro atoms. The van der Waals surface area contributed by atoms with Gasteiger partial charge in [-0.05, 0) is 42.0 Å². The molecule has 0 bridgehead atoms. The van der Waals surface area contributed by atoms with Gasteiger partial charge >= 0.3 is 5.63 Å². The highest BCUT2D eigenvalue weighted by Crippen LogP contribution is 2.42. The second kappa shape index (κ2) is 8.85. The number of benzene rings is 4. The van der Waals surface area contributed by atoms with Crippen LogP contribution in [0.3, 0.4) is 0 Å². The minimum atomic E-state index is -0.534. The molecule has 0 aliphatic carbocycles. The fourth-order valence-electron chi connectivity index (χ4n) is 4.59. The maximum Gasteiger partial charge on any atom is 0.343 e. The summed E-state index contributed by atoms with van der Waals surface area (Å²) in [6.07, 6.45) is 2.09. The molecule has 0 N–H and O–H groups in total. The molecule has 2 heterocycles. The van der Waals surface area contributed by atoms with Crippen LogP contribution in [0.15, 0.2) is 124 Å². The van der Waals surface area contributed by atoms with Crippen LogP contribution < -0.4 is 10.5 Å². The zero-order valence-corrected chi connectivity index (χ0v) is 18.9. The summed E-state index contributed by atoms with van der Waals surface area (Å²) in [5.74, 6) is 6.73. The van der Waals surface area contributed by atoms with Crippen molar-refractivity contribution in [3.63, 3.8) is 0 Å². The molecule has 35 heavy (non-hydrogen) atoms. The van der Waals surface area contributed by atoms with Crippen LogP contribution in [0.4, 0.5) is 5.69 Å². The van der Waals surface area contributed by atoms with Gasteiger partial charge in [-0.15, -0.1) is 0 Å². The topological polar surface area (TPSA) is 33.5 Å². The highest BCUT2D eigenvalue weighted by Gasteiger charge is 2.33. The Morgan fingerprint density at radius 3 is 2.09 bits per heavy atom. The van der Waals surface area contributed by atoms with E-state index in [0.717, 1.165) is 33.5 Å². The van der Waals surface area contributed by atoms with Gasteiger partial charge in [0.15, 0.2) is 0 Å². The average molecular weight is 452 g/mol. The predicted molar refractivity (Wildman–Crippen MR) is 142 cm³/mol. The third-order valence-electron chi connectivity index (χ3n) is 6.19. The third-order valence-corrected chi connectivity index (χ3v) is 6.19. The average Bonchev–Trinajstić information content (AvgIpc) is 2.93. The van der Waals surface area contributed by atoms with Crippen molar-refractivity contribution in [2.24, 2.45) is 0 Å². The van der Waals surface area contributed by atoms with Crippen molar-refractivity contribution >= 4 is 28.4 Å². The summed E-state index contributed by atoms with van der Waals surface area (Å²) in [6, 6.07) is 37.3. The summed E-state index contributed by atoms with van der Waals surface area (Å²) in [5, 5.41) is 0.898. The smallest absolute Gasteiger partial charge is 0.343 e. The van der Waals surface area contributed by atoms with Crippen molar-refractivity contribution in [1.29, 1.82) is 0 Å². The molecule has 166 valence electrons. The largest absolute Gasteiger partial charge is 0.422 e. The van der Waals surface area contributed by atoms with E-state index in [1.165, 1.54) is 0 Å². The molecule has 0 saturated heterocycles. The number of hydrogen-bond donors (Lipinski definition) is 0. The highest BCUT2D eigenvalue weighted by molar-refractivity contribution is 6.00. The standard InChI is InChI=1S/C32H21NO2/c34-32-31-27(26-18-10-11-19-30(26)35-32)22-29(24-14-6-2-7-15-24)33(25-16-8-3-9-17-25)28(31)21-20-23-12-4-1-5-13-23/h1-19,22,28H. The first-order valence-electron chi connectivity index (χ1n) is 11.5. The lowest BCUT2D eigenvalue weighted by Gasteiger charge is -2.36. The first-order valence-corrected chi connectivity index (χ1v) is 11.5. The molecule has 5 aromatic rings. The van der Waals surface area contributed by atoms with Crippen molar-refractivity contribution in [1.82, 2.24) is 0 Å². The highest BCUT2D eigenvalue weighted by atomic mass is 16.4. The van der Waals surface area contributed by atoms with Gasteiger partial charge in [-0.1, -0.05) is 96.8 Å². The van der Waals surface area contributed by atoms with Gasteiger partial charge in [0.2, 0.25) is 0 Å². The molecule has 6 rings (SSSR count). The van der Waals surface area contributed by atoms with E-state index < -0.39 is 6.04 Å². The van der Waals surface area contributed by atoms with E-state index in [1.807, 2.05) is 103 Å². The van der Waals surface area contributed by atoms with Crippen LogP contribution in [-0.4, -0.2) is 0 Å². The Labute approximate surface area is 203 Å². The van der Waals surface area contributed by atoms with Crippen molar-refractivity contribution in [2.75, 3.05) is 4.90 Å². The first kappa shape index (κ1) is 20.8. The molecule has 1 aliphatic rings. The fraction of sp³-hybridized carbons (Fsp3) is 0.0312. The molecule has 1 aromatic heterocycles. The first-order chi connectivity index (χ1) is 17.3. The zero-order chi connectivity index (χ0) is 23.6. The SMILES string of the molecule is O=c1oc2ccccc2c2c1C(C#Cc1ccccc1)N(c1ccccc1)C(c1ccccc1)=C2. The van der Waals surface area contributed by atoms with Crippen LogP contribution in [0.25, 0.3) is 22.7 Å². The van der Waals surface area contributed by atoms with Gasteiger partial charge in [0.25, 0.3) is 0 Å². The number of nitrogens with zero attached hydrogens (tertiary/aromatic N) is 1. The van der Waals surface area contributed by atoms with E-state index in [1.54, 1.807) is 0 Å². The van der Waals surface area contributed by atoms with E-state index in [-0.39, 0.29) is 5.63 Å². The molecule has 0 amide bonds. The molecule has 3 heteroatoms. The molecule has 0 saturated carbocycles. The summed E-state index contributed by atoms with van der Waals surface area (Å²) < 4.78 is 5.79. The monoisotopic (exact) mass is 451 g/mol. The maximum absolute atomic E-state index is 13.4. The Morgan fingerprint density at radius 1 is 0.714 bits per heavy atom. The van der Waals surface area contributed by atoms with Crippen molar-refractivity contribution in [3.05, 3.63) is 148 Å². The molecule has 0 fully saturated rings. The molecular weight excluding hydrogens is 430 g/mol. The summed E-state index contributed by atoms with van der Waals surface area (Å²) in [5.41, 5.74) is 5.48. The molecule has 3 nitrogen and oxygen atoms in total. The van der Waals surface area contributed by atoms with Crippen molar-refractivity contribution in [3.8, 4) is 11.8 Å². The fourth-order valence-corrected chi connectivity index (χ4v) is 4.59. The van der Waals surface area contributed by atoms with Crippen LogP contribution in [0.2, 0.25) is 0 Å². The second-order valence-corrected chi connectivity index (χ2v) is 8.35. The Bertz CT molecular complexity index is 1660. The van der Waals surface area contributed by atoms with E-state index in [2.05, 4.69) is 34.9 Å². The number of fused-ring (bicyclic) bond motifs is 3. The zero-order valence-electron chi connectivity index (χ0n) is 18.9. The summed E-state index contributed by atoms with van der Waals surface area (Å²) >= 11 is 0. The maximum atomic E-state index is 13.4. The van der Waals surface area contributed by atoms with E-state index >= 15 is 0 Å². The number of hydrogen-bond acceptors (Lipinski definition) is 3. The Hall–Kier alpha value is -4.81. The van der Waals surface area contributed by atoms with Gasteiger partial charge < -0.3 is 9.32 Å². The van der Waals surface area contributed by atoms with Gasteiger partial charge in [-0.2, -0.15) is 0 Å². The molecular formula is C32H21NO2. The van der Waals surface area contributed by atoms with Crippen LogP contribution >= 0.6 is 0 Å². The van der Waals surface area contributed by atoms with Crippen LogP contribution in [0.5, 0.6) is 0 Å². The van der Waals surface area contributed by atoms with E-state index in [4.69, 9.17) is 4.42 Å². The van der Waals surface area contributed by atoms with Gasteiger partial charge in [-0.25, -0.2) is 4.79 Å². The number of para-hydroxylation sites is 2. The predicted octanol–water partition coefficient (Wildman–Crippen LogP) is 6.90. The molecule has 1 aliphatic heterocycles. The molecule has 1 unspecified atom stereocenters. The van der Waals surface area contributed by atoms with Crippen LogP contribution in [0, 0.1) is 11.8 Å². The minimum Gasteiger partial charge on any atom is -0.422 e. The van der Waals surface area contributed by atoms with Gasteiger partial charge in [0.05, 0.1) is 11.3 Å². The second-order valence-electron chi connectivity index (χ2n) is 8.35. The Kier molecular flexibility index (Phi) is 5.25. The molecule has 0 radical (unpaired) electrons. The van der Waals surface area contributed by atoms with Gasteiger partial charge in [0.1, 0.15) is 11.6 Å². The quantitative estimate of drug-likeness (QED) is 0.216.